The second kappa shape index (κ2) is 21.1. The Balaban J connectivity index is 1.74. The second-order valence-corrected chi connectivity index (χ2v) is 19.0. The molecule has 0 unspecified atom stereocenters. The molecule has 0 radical (unpaired) electrons. The monoisotopic (exact) mass is 846 g/mol. The van der Waals surface area contributed by atoms with Crippen LogP contribution in [0.15, 0.2) is 11.6 Å². The number of esters is 1. The molecule has 0 bridgehead atoms. The summed E-state index contributed by atoms with van der Waals surface area (Å²) in [5.41, 5.74) is -4.42. The van der Waals surface area contributed by atoms with Gasteiger partial charge in [-0.15, -0.1) is 11.3 Å². The van der Waals surface area contributed by atoms with Crippen LogP contribution in [-0.4, -0.2) is 152 Å². The van der Waals surface area contributed by atoms with Crippen LogP contribution in [0.5, 0.6) is 0 Å². The third kappa shape index (κ3) is 12.2. The van der Waals surface area contributed by atoms with Crippen molar-refractivity contribution in [2.24, 2.45) is 17.8 Å². The number of ether oxygens (including phenoxy) is 6. The van der Waals surface area contributed by atoms with Gasteiger partial charge in [0, 0.05) is 50.2 Å². The summed E-state index contributed by atoms with van der Waals surface area (Å²) in [6.07, 6.45) is -5.02. The first-order valence-corrected chi connectivity index (χ1v) is 22.2. The standard InChI is InChI=1S/C42H75N3O12S/c1-12-31-42(10,51)35(47)28(6)45(18-13-16-43-22-32-44-17-19-58-32)23-24(2)20-40(8,50)37(57-39-30(46)15-14-25(3)53-39)26(4)34(27(5)38(49)55-31)56-33-21-41(9,52-11)36(48)29(7)54-33/h17,19,24-31,33-37,39,43,46-48,50-51H,12-16,18,20-23H2,1-11H3/t24-,25-,26+,27-,28-,29+,30-,31-,33+,34+,35-,36+,37-,39+,40-,41-,42-/m1/s1. The number of aliphatic hydroxyl groups is 5. The van der Waals surface area contributed by atoms with E-state index in [0.29, 0.717) is 39.0 Å². The number of cyclic esters (lactones) is 1. The number of aromatic nitrogens is 1. The van der Waals surface area contributed by atoms with Crippen molar-refractivity contribution in [3.63, 3.8) is 0 Å². The highest BCUT2D eigenvalue weighted by atomic mass is 32.1. The molecule has 58 heavy (non-hydrogen) atoms. The van der Waals surface area contributed by atoms with Crippen molar-refractivity contribution in [1.29, 1.82) is 0 Å². The molecule has 1 aromatic rings. The van der Waals surface area contributed by atoms with E-state index in [-0.39, 0.29) is 31.3 Å². The van der Waals surface area contributed by atoms with Gasteiger partial charge in [0.25, 0.3) is 0 Å². The van der Waals surface area contributed by atoms with Crippen LogP contribution in [0.25, 0.3) is 0 Å². The van der Waals surface area contributed by atoms with Gasteiger partial charge < -0.3 is 59.3 Å². The van der Waals surface area contributed by atoms with E-state index in [9.17, 15) is 30.3 Å². The Labute approximate surface area is 350 Å². The molecule has 3 fully saturated rings. The molecule has 15 nitrogen and oxygen atoms in total. The van der Waals surface area contributed by atoms with E-state index < -0.39 is 96.0 Å². The van der Waals surface area contributed by atoms with Crippen molar-refractivity contribution in [3.8, 4) is 0 Å². The van der Waals surface area contributed by atoms with E-state index >= 15 is 0 Å². The van der Waals surface area contributed by atoms with E-state index in [1.165, 1.54) is 14.0 Å². The van der Waals surface area contributed by atoms with Crippen molar-refractivity contribution in [3.05, 3.63) is 16.6 Å². The van der Waals surface area contributed by atoms with Gasteiger partial charge in [0.2, 0.25) is 0 Å². The summed E-state index contributed by atoms with van der Waals surface area (Å²) in [5, 5.41) is 65.1. The van der Waals surface area contributed by atoms with Crippen molar-refractivity contribution >= 4 is 17.3 Å². The number of nitrogens with one attached hydrogen (secondary N) is 1. The maximum Gasteiger partial charge on any atom is 0.311 e. The normalized spacial score (nSPS) is 44.3. The fourth-order valence-electron chi connectivity index (χ4n) is 9.24. The molecule has 16 heteroatoms. The molecule has 3 aliphatic rings. The summed E-state index contributed by atoms with van der Waals surface area (Å²) in [7, 11) is 1.51. The minimum absolute atomic E-state index is 0.133. The summed E-state index contributed by atoms with van der Waals surface area (Å²) < 4.78 is 37.6. The summed E-state index contributed by atoms with van der Waals surface area (Å²) in [6.45, 7) is 20.1. The van der Waals surface area contributed by atoms with Gasteiger partial charge in [-0.2, -0.15) is 0 Å². The lowest BCUT2D eigenvalue weighted by atomic mass is 9.77. The Morgan fingerprint density at radius 1 is 1.00 bits per heavy atom. The van der Waals surface area contributed by atoms with Gasteiger partial charge in [0.05, 0.1) is 41.5 Å². The molecule has 0 saturated carbocycles. The first kappa shape index (κ1) is 49.3. The number of hydrogen-bond donors (Lipinski definition) is 6. The Kier molecular flexibility index (Phi) is 18.0. The molecule has 6 N–H and O–H groups in total. The molecule has 4 heterocycles. The molecule has 4 rings (SSSR count). The SMILES string of the molecule is CC[C@H]1OC(=O)[C@H](C)[C@@H](O[C@H]2C[C@@](C)(OC)[C@@H](O)[C@H](C)O2)[C@H](C)[C@@H](O[C@@H]2O[C@H](C)CC[C@H]2O)[C@](C)(O)C[C@@H](C)CN(CCCNCc2nccs2)[C@H](C)[C@@H](O)[C@]1(C)O. The van der Waals surface area contributed by atoms with Gasteiger partial charge in [0.15, 0.2) is 12.6 Å². The van der Waals surface area contributed by atoms with Crippen molar-refractivity contribution < 1.29 is 58.7 Å². The molecule has 0 spiro atoms. The maximum atomic E-state index is 14.4. The van der Waals surface area contributed by atoms with Gasteiger partial charge in [-0.3, -0.25) is 9.69 Å². The number of thiazole rings is 1. The predicted octanol–water partition coefficient (Wildman–Crippen LogP) is 3.37. The van der Waals surface area contributed by atoms with Gasteiger partial charge in [0.1, 0.15) is 35.0 Å². The average Bonchev–Trinajstić information content (AvgIpc) is 3.69. The number of carbonyl (C=O) groups excluding carboxylic acids is 1. The van der Waals surface area contributed by atoms with Crippen LogP contribution in [-0.2, 0) is 39.8 Å². The van der Waals surface area contributed by atoms with Crippen LogP contribution in [0.4, 0.5) is 0 Å². The minimum atomic E-state index is -1.84. The molecular weight excluding hydrogens is 771 g/mol. The summed E-state index contributed by atoms with van der Waals surface area (Å²) >= 11 is 1.59. The third-order valence-electron chi connectivity index (χ3n) is 12.9. The smallest absolute Gasteiger partial charge is 0.311 e. The van der Waals surface area contributed by atoms with Gasteiger partial charge in [-0.05, 0) is 99.6 Å². The van der Waals surface area contributed by atoms with Crippen LogP contribution < -0.4 is 5.32 Å². The summed E-state index contributed by atoms with van der Waals surface area (Å²) in [5.74, 6) is -2.61. The van der Waals surface area contributed by atoms with Crippen LogP contribution in [0.3, 0.4) is 0 Å². The number of carbonyl (C=O) groups is 1. The average molecular weight is 846 g/mol. The Hall–Kier alpha value is -1.38. The molecule has 336 valence electrons. The van der Waals surface area contributed by atoms with Gasteiger partial charge in [-0.25, -0.2) is 4.98 Å². The molecule has 3 aliphatic heterocycles. The Morgan fingerprint density at radius 3 is 2.34 bits per heavy atom. The second-order valence-electron chi connectivity index (χ2n) is 18.1. The minimum Gasteiger partial charge on any atom is -0.459 e. The lowest BCUT2D eigenvalue weighted by Crippen LogP contribution is -2.60. The maximum absolute atomic E-state index is 14.4. The highest BCUT2D eigenvalue weighted by Crippen LogP contribution is 2.40. The largest absolute Gasteiger partial charge is 0.459 e. The fourth-order valence-corrected chi connectivity index (χ4v) is 9.82. The van der Waals surface area contributed by atoms with E-state index in [4.69, 9.17) is 28.4 Å². The van der Waals surface area contributed by atoms with Gasteiger partial charge >= 0.3 is 5.97 Å². The number of rotatable bonds is 12. The topological polar surface area (TPSA) is 202 Å². The highest BCUT2D eigenvalue weighted by molar-refractivity contribution is 7.09. The molecular formula is C42H75N3O12S. The quantitative estimate of drug-likeness (QED) is 0.132. The number of methoxy groups -OCH3 is 1. The van der Waals surface area contributed by atoms with E-state index in [1.807, 2.05) is 33.1 Å². The van der Waals surface area contributed by atoms with Crippen LogP contribution in [0, 0.1) is 17.8 Å². The van der Waals surface area contributed by atoms with Crippen molar-refractivity contribution in [2.75, 3.05) is 26.7 Å². The lowest BCUT2D eigenvalue weighted by molar-refractivity contribution is -0.314. The molecule has 0 aromatic carbocycles. The summed E-state index contributed by atoms with van der Waals surface area (Å²) in [6, 6.07) is -0.568. The molecule has 17 atom stereocenters. The molecule has 1 aromatic heterocycles. The highest BCUT2D eigenvalue weighted by Gasteiger charge is 2.52. The van der Waals surface area contributed by atoms with Crippen LogP contribution >= 0.6 is 11.3 Å². The number of hydrogen-bond acceptors (Lipinski definition) is 16. The molecule has 3 saturated heterocycles. The zero-order chi connectivity index (χ0) is 43.2. The Morgan fingerprint density at radius 2 is 1.71 bits per heavy atom. The summed E-state index contributed by atoms with van der Waals surface area (Å²) in [4.78, 5) is 20.8. The Bertz CT molecular complexity index is 1390. The fraction of sp³-hybridized carbons (Fsp3) is 0.905. The number of aliphatic hydroxyl groups excluding tert-OH is 3. The van der Waals surface area contributed by atoms with Crippen LogP contribution in [0.2, 0.25) is 0 Å². The molecule has 0 amide bonds. The third-order valence-corrected chi connectivity index (χ3v) is 13.6. The van der Waals surface area contributed by atoms with E-state index in [0.717, 1.165) is 11.4 Å². The van der Waals surface area contributed by atoms with Crippen molar-refractivity contribution in [1.82, 2.24) is 15.2 Å². The zero-order valence-corrected chi connectivity index (χ0v) is 37.5. The molecule has 0 aliphatic carbocycles. The van der Waals surface area contributed by atoms with Crippen molar-refractivity contribution in [2.45, 2.75) is 199 Å². The first-order valence-electron chi connectivity index (χ1n) is 21.3. The number of nitrogens with zero attached hydrogens (tertiary/aromatic N) is 2. The van der Waals surface area contributed by atoms with E-state index in [2.05, 4.69) is 15.2 Å². The predicted molar refractivity (Wildman–Crippen MR) is 219 cm³/mol. The first-order chi connectivity index (χ1) is 27.1. The van der Waals surface area contributed by atoms with E-state index in [1.54, 1.807) is 52.2 Å². The zero-order valence-electron chi connectivity index (χ0n) is 36.7. The van der Waals surface area contributed by atoms with Gasteiger partial charge in [-0.1, -0.05) is 20.8 Å². The lowest BCUT2D eigenvalue weighted by Gasteiger charge is -2.48. The van der Waals surface area contributed by atoms with Crippen LogP contribution in [0.1, 0.15) is 113 Å².